The van der Waals surface area contributed by atoms with Crippen molar-refractivity contribution >= 4 is 10.0 Å². The van der Waals surface area contributed by atoms with Crippen molar-refractivity contribution in [3.05, 3.63) is 41.5 Å². The molecule has 1 aliphatic heterocycles. The Hall–Kier alpha value is -1.59. The van der Waals surface area contributed by atoms with Crippen molar-refractivity contribution in [1.29, 1.82) is 0 Å². The second-order valence-corrected chi connectivity index (χ2v) is 8.32. The normalized spacial score (nSPS) is 17.9. The van der Waals surface area contributed by atoms with Gasteiger partial charge in [0.15, 0.2) is 0 Å². The summed E-state index contributed by atoms with van der Waals surface area (Å²) in [6.45, 7) is 6.61. The molecule has 0 aromatic heterocycles. The summed E-state index contributed by atoms with van der Waals surface area (Å²) in [6.07, 6.45) is -10.2. The van der Waals surface area contributed by atoms with Crippen LogP contribution in [-0.2, 0) is 22.4 Å². The van der Waals surface area contributed by atoms with E-state index < -0.39 is 38.4 Å². The average Bonchev–Trinajstić information content (AvgIpc) is 2.52. The Morgan fingerprint density at radius 2 is 1.41 bits per heavy atom. The summed E-state index contributed by atoms with van der Waals surface area (Å²) in [7, 11) is -4.50. The molecule has 1 aromatic carbocycles. The molecule has 0 radical (unpaired) electrons. The van der Waals surface area contributed by atoms with E-state index >= 15 is 0 Å². The third-order valence-corrected chi connectivity index (χ3v) is 5.90. The molecule has 0 saturated carbocycles. The monoisotopic (exact) mass is 416 g/mol. The van der Waals surface area contributed by atoms with Crippen LogP contribution < -0.4 is 0 Å². The number of piperazine rings is 1. The van der Waals surface area contributed by atoms with E-state index in [1.54, 1.807) is 6.92 Å². The fraction of sp³-hybridized carbons (Fsp3) is 0.500. The molecule has 0 bridgehead atoms. The van der Waals surface area contributed by atoms with Crippen LogP contribution in [0.3, 0.4) is 0 Å². The molecule has 2 rings (SSSR count). The summed E-state index contributed by atoms with van der Waals surface area (Å²) in [5.74, 6) is 0. The number of alkyl halides is 6. The molecule has 0 unspecified atom stereocenters. The first kappa shape index (κ1) is 21.7. The van der Waals surface area contributed by atoms with Gasteiger partial charge in [-0.25, -0.2) is 8.42 Å². The molecule has 11 heteroatoms. The van der Waals surface area contributed by atoms with Gasteiger partial charge in [-0.15, -0.1) is 0 Å². The second-order valence-electron chi connectivity index (χ2n) is 6.38. The molecular weight excluding hydrogens is 398 g/mol. The summed E-state index contributed by atoms with van der Waals surface area (Å²) in [5, 5.41) is 0. The first-order chi connectivity index (χ1) is 12.2. The van der Waals surface area contributed by atoms with E-state index in [0.717, 1.165) is 9.88 Å². The van der Waals surface area contributed by atoms with Gasteiger partial charge in [0, 0.05) is 32.7 Å². The smallest absolute Gasteiger partial charge is 0.297 e. The van der Waals surface area contributed by atoms with Gasteiger partial charge in [-0.1, -0.05) is 12.2 Å². The molecule has 152 valence electrons. The number of hydrogen-bond donors (Lipinski definition) is 0. The second kappa shape index (κ2) is 7.44. The zero-order valence-corrected chi connectivity index (χ0v) is 15.2. The van der Waals surface area contributed by atoms with Gasteiger partial charge in [0.2, 0.25) is 10.0 Å². The van der Waals surface area contributed by atoms with Crippen LogP contribution >= 0.6 is 0 Å². The number of sulfonamides is 1. The summed E-state index contributed by atoms with van der Waals surface area (Å²) in [5.41, 5.74) is -2.45. The third kappa shape index (κ3) is 5.23. The third-order valence-electron chi connectivity index (χ3n) is 4.02. The molecule has 0 amide bonds. The lowest BCUT2D eigenvalue weighted by Gasteiger charge is -2.34. The Morgan fingerprint density at radius 1 is 0.963 bits per heavy atom. The summed E-state index contributed by atoms with van der Waals surface area (Å²) in [6, 6.07) is 0.388. The quantitative estimate of drug-likeness (QED) is 0.556. The SMILES string of the molecule is C=C(C)CN1CCN(S(=O)(=O)c2cc(C(F)(F)F)cc(C(F)(F)F)c2)CC1. The topological polar surface area (TPSA) is 40.6 Å². The van der Waals surface area contributed by atoms with Crippen LogP contribution in [0.2, 0.25) is 0 Å². The van der Waals surface area contributed by atoms with E-state index in [-0.39, 0.29) is 31.3 Å². The molecule has 0 spiro atoms. The van der Waals surface area contributed by atoms with Gasteiger partial charge in [-0.05, 0) is 25.1 Å². The summed E-state index contributed by atoms with van der Waals surface area (Å²) >= 11 is 0. The first-order valence-electron chi connectivity index (χ1n) is 7.87. The van der Waals surface area contributed by atoms with Gasteiger partial charge in [0.25, 0.3) is 0 Å². The Labute approximate surface area is 153 Å². The number of rotatable bonds is 4. The predicted octanol–water partition coefficient (Wildman–Crippen LogP) is 3.61. The molecule has 0 N–H and O–H groups in total. The van der Waals surface area contributed by atoms with Crippen molar-refractivity contribution in [2.75, 3.05) is 32.7 Å². The molecule has 1 fully saturated rings. The maximum Gasteiger partial charge on any atom is 0.416 e. The highest BCUT2D eigenvalue weighted by atomic mass is 32.2. The van der Waals surface area contributed by atoms with E-state index in [0.29, 0.717) is 19.6 Å². The number of benzene rings is 1. The highest BCUT2D eigenvalue weighted by Crippen LogP contribution is 2.37. The van der Waals surface area contributed by atoms with Gasteiger partial charge in [-0.3, -0.25) is 4.90 Å². The fourth-order valence-electron chi connectivity index (χ4n) is 2.73. The van der Waals surface area contributed by atoms with Gasteiger partial charge in [0.1, 0.15) is 0 Å². The molecule has 0 atom stereocenters. The van der Waals surface area contributed by atoms with Crippen LogP contribution in [0.1, 0.15) is 18.1 Å². The maximum atomic E-state index is 12.9. The largest absolute Gasteiger partial charge is 0.416 e. The standard InChI is InChI=1S/C16H18F6N2O2S/c1-11(2)10-23-3-5-24(6-4-23)27(25,26)14-8-12(15(17,18)19)7-13(9-14)16(20,21)22/h7-9H,1,3-6,10H2,2H3. The van der Waals surface area contributed by atoms with Crippen molar-refractivity contribution in [2.24, 2.45) is 0 Å². The fourth-order valence-corrected chi connectivity index (χ4v) is 4.23. The molecule has 4 nitrogen and oxygen atoms in total. The predicted molar refractivity (Wildman–Crippen MR) is 86.5 cm³/mol. The highest BCUT2D eigenvalue weighted by Gasteiger charge is 2.39. The van der Waals surface area contributed by atoms with Crippen LogP contribution in [0.4, 0.5) is 26.3 Å². The molecular formula is C16H18F6N2O2S. The van der Waals surface area contributed by atoms with E-state index in [1.165, 1.54) is 0 Å². The van der Waals surface area contributed by atoms with Crippen LogP contribution in [0.25, 0.3) is 0 Å². The van der Waals surface area contributed by atoms with Crippen LogP contribution in [-0.4, -0.2) is 50.3 Å². The van der Waals surface area contributed by atoms with Gasteiger partial charge in [0.05, 0.1) is 16.0 Å². The zero-order valence-electron chi connectivity index (χ0n) is 14.4. The van der Waals surface area contributed by atoms with E-state index in [1.807, 2.05) is 4.90 Å². The summed E-state index contributed by atoms with van der Waals surface area (Å²) in [4.78, 5) is 0.889. The van der Waals surface area contributed by atoms with Crippen molar-refractivity contribution in [3.63, 3.8) is 0 Å². The Bertz CT molecular complexity index is 777. The minimum absolute atomic E-state index is 0.0345. The minimum Gasteiger partial charge on any atom is -0.297 e. The lowest BCUT2D eigenvalue weighted by Crippen LogP contribution is -2.48. The average molecular weight is 416 g/mol. The Kier molecular flexibility index (Phi) is 5.98. The van der Waals surface area contributed by atoms with E-state index in [2.05, 4.69) is 6.58 Å². The number of halogens is 6. The van der Waals surface area contributed by atoms with Gasteiger partial charge in [-0.2, -0.15) is 30.6 Å². The van der Waals surface area contributed by atoms with Crippen LogP contribution in [0.15, 0.2) is 35.2 Å². The Balaban J connectivity index is 2.37. The minimum atomic E-state index is -5.11. The first-order valence-corrected chi connectivity index (χ1v) is 9.31. The molecule has 1 heterocycles. The van der Waals surface area contributed by atoms with Crippen molar-refractivity contribution in [3.8, 4) is 0 Å². The van der Waals surface area contributed by atoms with Crippen molar-refractivity contribution in [1.82, 2.24) is 9.21 Å². The van der Waals surface area contributed by atoms with Crippen LogP contribution in [0, 0.1) is 0 Å². The lowest BCUT2D eigenvalue weighted by atomic mass is 10.1. The maximum absolute atomic E-state index is 12.9. The molecule has 1 saturated heterocycles. The lowest BCUT2D eigenvalue weighted by molar-refractivity contribution is -0.143. The number of hydrogen-bond acceptors (Lipinski definition) is 3. The molecule has 27 heavy (non-hydrogen) atoms. The molecule has 0 aliphatic carbocycles. The van der Waals surface area contributed by atoms with Crippen molar-refractivity contribution in [2.45, 2.75) is 24.2 Å². The number of nitrogens with zero attached hydrogens (tertiary/aromatic N) is 2. The van der Waals surface area contributed by atoms with Crippen molar-refractivity contribution < 1.29 is 34.8 Å². The van der Waals surface area contributed by atoms with E-state index in [4.69, 9.17) is 0 Å². The highest BCUT2D eigenvalue weighted by molar-refractivity contribution is 7.89. The molecule has 1 aliphatic rings. The zero-order chi connectivity index (χ0) is 20.6. The summed E-state index contributed by atoms with van der Waals surface area (Å²) < 4.78 is 104. The van der Waals surface area contributed by atoms with Gasteiger partial charge >= 0.3 is 12.4 Å². The Morgan fingerprint density at radius 3 is 1.78 bits per heavy atom. The van der Waals surface area contributed by atoms with Gasteiger partial charge < -0.3 is 0 Å². The molecule has 1 aromatic rings. The van der Waals surface area contributed by atoms with Crippen LogP contribution in [0.5, 0.6) is 0 Å². The van der Waals surface area contributed by atoms with E-state index in [9.17, 15) is 34.8 Å².